The Labute approximate surface area is 91.8 Å². The highest BCUT2D eigenvalue weighted by molar-refractivity contribution is 9.08. The Morgan fingerprint density at radius 2 is 2.20 bits per heavy atom. The number of carboxylic acids is 1. The van der Waals surface area contributed by atoms with Gasteiger partial charge in [-0.25, -0.2) is 9.18 Å². The van der Waals surface area contributed by atoms with E-state index in [4.69, 9.17) is 5.11 Å². The first-order valence-corrected chi connectivity index (χ1v) is 4.85. The smallest absolute Gasteiger partial charge is 0.345 e. The number of rotatable bonds is 3. The van der Waals surface area contributed by atoms with Crippen molar-refractivity contribution in [3.8, 4) is 0 Å². The van der Waals surface area contributed by atoms with Crippen molar-refractivity contribution in [2.24, 2.45) is 0 Å². The summed E-state index contributed by atoms with van der Waals surface area (Å²) in [6.45, 7) is 0. The standard InChI is InChI=1S/C8H5BrFNO4/c9-3-4-1-5(10)7(8(12)13)6(2-4)11(14)15/h1-2H,3H2,(H,12,13). The van der Waals surface area contributed by atoms with Crippen LogP contribution in [0.3, 0.4) is 0 Å². The van der Waals surface area contributed by atoms with Crippen LogP contribution in [0.2, 0.25) is 0 Å². The molecule has 0 unspecified atom stereocenters. The number of halogens is 2. The fourth-order valence-corrected chi connectivity index (χ4v) is 1.40. The first-order valence-electron chi connectivity index (χ1n) is 3.73. The van der Waals surface area contributed by atoms with Gasteiger partial charge in [-0.3, -0.25) is 10.1 Å². The number of nitro groups is 1. The second-order valence-electron chi connectivity index (χ2n) is 2.67. The SMILES string of the molecule is O=C(O)c1c(F)cc(CBr)cc1[N+](=O)[O-]. The molecule has 0 radical (unpaired) electrons. The lowest BCUT2D eigenvalue weighted by molar-refractivity contribution is -0.385. The van der Waals surface area contributed by atoms with Gasteiger partial charge >= 0.3 is 5.97 Å². The zero-order chi connectivity index (χ0) is 11.6. The summed E-state index contributed by atoms with van der Waals surface area (Å²) >= 11 is 3.00. The van der Waals surface area contributed by atoms with Gasteiger partial charge in [0.15, 0.2) is 5.56 Å². The van der Waals surface area contributed by atoms with E-state index < -0.39 is 28.0 Å². The normalized spacial score (nSPS) is 10.0. The van der Waals surface area contributed by atoms with Gasteiger partial charge in [-0.15, -0.1) is 0 Å². The zero-order valence-electron chi connectivity index (χ0n) is 7.24. The third kappa shape index (κ3) is 2.30. The van der Waals surface area contributed by atoms with Gasteiger partial charge < -0.3 is 5.11 Å². The molecule has 0 bridgehead atoms. The Kier molecular flexibility index (Phi) is 3.35. The Morgan fingerprint density at radius 3 is 2.60 bits per heavy atom. The number of aromatic carboxylic acids is 1. The van der Waals surface area contributed by atoms with Crippen LogP contribution in [0, 0.1) is 15.9 Å². The molecule has 0 aliphatic heterocycles. The highest BCUT2D eigenvalue weighted by Gasteiger charge is 2.25. The number of nitro benzene ring substituents is 1. The van der Waals surface area contributed by atoms with Gasteiger partial charge in [0, 0.05) is 11.4 Å². The van der Waals surface area contributed by atoms with Crippen molar-refractivity contribution in [3.63, 3.8) is 0 Å². The highest BCUT2D eigenvalue weighted by Crippen LogP contribution is 2.24. The van der Waals surface area contributed by atoms with Crippen molar-refractivity contribution in [1.82, 2.24) is 0 Å². The second kappa shape index (κ2) is 4.35. The Bertz CT molecular complexity index is 435. The van der Waals surface area contributed by atoms with Gasteiger partial charge in [-0.1, -0.05) is 15.9 Å². The summed E-state index contributed by atoms with van der Waals surface area (Å²) < 4.78 is 13.2. The summed E-state index contributed by atoms with van der Waals surface area (Å²) in [5.74, 6) is -2.76. The minimum Gasteiger partial charge on any atom is -0.477 e. The number of carboxylic acid groups (broad SMARTS) is 1. The van der Waals surface area contributed by atoms with E-state index in [0.29, 0.717) is 5.56 Å². The largest absolute Gasteiger partial charge is 0.477 e. The average Bonchev–Trinajstić information content (AvgIpc) is 2.15. The Hall–Kier alpha value is -1.50. The molecular formula is C8H5BrFNO4. The molecule has 1 rings (SSSR count). The molecule has 1 N–H and O–H groups in total. The average molecular weight is 278 g/mol. The van der Waals surface area contributed by atoms with Crippen LogP contribution < -0.4 is 0 Å². The summed E-state index contributed by atoms with van der Waals surface area (Å²) in [5.41, 5.74) is -1.34. The molecule has 1 aromatic rings. The summed E-state index contributed by atoms with van der Waals surface area (Å²) in [6.07, 6.45) is 0. The molecule has 0 spiro atoms. The van der Waals surface area contributed by atoms with Crippen LogP contribution in [0.1, 0.15) is 15.9 Å². The number of hydrogen-bond donors (Lipinski definition) is 1. The number of hydrogen-bond acceptors (Lipinski definition) is 3. The van der Waals surface area contributed by atoms with Gasteiger partial charge in [0.25, 0.3) is 5.69 Å². The van der Waals surface area contributed by atoms with Crippen molar-refractivity contribution in [1.29, 1.82) is 0 Å². The predicted molar refractivity (Wildman–Crippen MR) is 52.6 cm³/mol. The summed E-state index contributed by atoms with van der Waals surface area (Å²) in [4.78, 5) is 20.2. The topological polar surface area (TPSA) is 80.4 Å². The molecule has 0 aliphatic carbocycles. The molecule has 0 atom stereocenters. The number of benzene rings is 1. The third-order valence-corrected chi connectivity index (χ3v) is 2.34. The summed E-state index contributed by atoms with van der Waals surface area (Å²) in [6, 6.07) is 1.98. The molecule has 15 heavy (non-hydrogen) atoms. The maximum absolute atomic E-state index is 13.2. The quantitative estimate of drug-likeness (QED) is 0.522. The molecular weight excluding hydrogens is 273 g/mol. The molecule has 5 nitrogen and oxygen atoms in total. The lowest BCUT2D eigenvalue weighted by Crippen LogP contribution is -2.06. The van der Waals surface area contributed by atoms with Crippen LogP contribution in [-0.4, -0.2) is 16.0 Å². The minimum atomic E-state index is -1.65. The van der Waals surface area contributed by atoms with E-state index in [1.165, 1.54) is 0 Å². The maximum Gasteiger partial charge on any atom is 0.345 e. The number of nitrogens with zero attached hydrogens (tertiary/aromatic N) is 1. The first-order chi connectivity index (χ1) is 6.97. The van der Waals surface area contributed by atoms with Crippen LogP contribution >= 0.6 is 15.9 Å². The van der Waals surface area contributed by atoms with Gasteiger partial charge in [-0.2, -0.15) is 0 Å². The van der Waals surface area contributed by atoms with Crippen molar-refractivity contribution < 1.29 is 19.2 Å². The molecule has 0 aliphatic rings. The molecule has 0 heterocycles. The van der Waals surface area contributed by atoms with E-state index in [2.05, 4.69) is 15.9 Å². The molecule has 0 saturated heterocycles. The van der Waals surface area contributed by atoms with Crippen LogP contribution in [0.5, 0.6) is 0 Å². The van der Waals surface area contributed by atoms with E-state index in [0.717, 1.165) is 12.1 Å². The van der Waals surface area contributed by atoms with Crippen molar-refractivity contribution in [2.75, 3.05) is 0 Å². The van der Waals surface area contributed by atoms with Crippen LogP contribution in [-0.2, 0) is 5.33 Å². The predicted octanol–water partition coefficient (Wildman–Crippen LogP) is 2.33. The second-order valence-corrected chi connectivity index (χ2v) is 3.23. The third-order valence-electron chi connectivity index (χ3n) is 1.69. The van der Waals surface area contributed by atoms with Crippen LogP contribution in [0.25, 0.3) is 0 Å². The minimum absolute atomic E-state index is 0.213. The first kappa shape index (κ1) is 11.6. The van der Waals surface area contributed by atoms with E-state index in [9.17, 15) is 19.3 Å². The van der Waals surface area contributed by atoms with Crippen LogP contribution in [0.15, 0.2) is 12.1 Å². The zero-order valence-corrected chi connectivity index (χ0v) is 8.82. The van der Waals surface area contributed by atoms with E-state index in [1.807, 2.05) is 0 Å². The number of alkyl halides is 1. The molecule has 0 saturated carbocycles. The van der Waals surface area contributed by atoms with Gasteiger partial charge in [0.2, 0.25) is 0 Å². The summed E-state index contributed by atoms with van der Waals surface area (Å²) in [5, 5.41) is 19.3. The lowest BCUT2D eigenvalue weighted by Gasteiger charge is -2.02. The van der Waals surface area contributed by atoms with Gasteiger partial charge in [0.05, 0.1) is 4.92 Å². The molecule has 80 valence electrons. The fourth-order valence-electron chi connectivity index (χ4n) is 1.08. The molecule has 7 heteroatoms. The molecule has 0 aromatic heterocycles. The van der Waals surface area contributed by atoms with E-state index in [1.54, 1.807) is 0 Å². The van der Waals surface area contributed by atoms with E-state index in [-0.39, 0.29) is 5.33 Å². The van der Waals surface area contributed by atoms with Gasteiger partial charge in [-0.05, 0) is 11.6 Å². The molecule has 0 amide bonds. The Balaban J connectivity index is 3.49. The lowest BCUT2D eigenvalue weighted by atomic mass is 10.1. The maximum atomic E-state index is 13.2. The Morgan fingerprint density at radius 1 is 1.60 bits per heavy atom. The molecule has 0 fully saturated rings. The molecule has 1 aromatic carbocycles. The van der Waals surface area contributed by atoms with Crippen molar-refractivity contribution >= 4 is 27.6 Å². The van der Waals surface area contributed by atoms with Crippen LogP contribution in [0.4, 0.5) is 10.1 Å². The number of carbonyl (C=O) groups is 1. The van der Waals surface area contributed by atoms with Crippen molar-refractivity contribution in [2.45, 2.75) is 5.33 Å². The monoisotopic (exact) mass is 277 g/mol. The van der Waals surface area contributed by atoms with E-state index >= 15 is 0 Å². The van der Waals surface area contributed by atoms with Crippen molar-refractivity contribution in [3.05, 3.63) is 39.2 Å². The highest BCUT2D eigenvalue weighted by atomic mass is 79.9. The van der Waals surface area contributed by atoms with Gasteiger partial charge in [0.1, 0.15) is 5.82 Å². The summed E-state index contributed by atoms with van der Waals surface area (Å²) in [7, 11) is 0. The fraction of sp³-hybridized carbons (Fsp3) is 0.125.